The third-order valence-electron chi connectivity index (χ3n) is 5.19. The summed E-state index contributed by atoms with van der Waals surface area (Å²) in [5, 5.41) is 0. The van der Waals surface area contributed by atoms with Crippen LogP contribution in [0.5, 0.6) is 5.75 Å². The molecule has 0 N–H and O–H groups in total. The number of aryl methyl sites for hydroxylation is 2. The van der Waals surface area contributed by atoms with E-state index in [2.05, 4.69) is 34.0 Å². The first-order valence-corrected chi connectivity index (χ1v) is 12.1. The van der Waals surface area contributed by atoms with Gasteiger partial charge in [-0.25, -0.2) is 9.78 Å². The van der Waals surface area contributed by atoms with Crippen LogP contribution in [0.15, 0.2) is 71.1 Å². The number of carbonyl (C=O) groups is 1. The molecule has 2 aromatic carbocycles. The van der Waals surface area contributed by atoms with Gasteiger partial charge in [-0.2, -0.15) is 4.89 Å². The average molecular weight is 478 g/mol. The number of benzene rings is 2. The molecular weight excluding hydrogens is 450 g/mol. The number of thiophene rings is 1. The molecule has 4 aromatic rings. The predicted molar refractivity (Wildman–Crippen MR) is 132 cm³/mol. The molecule has 2 heterocycles. The Kier molecular flexibility index (Phi) is 8.12. The van der Waals surface area contributed by atoms with Crippen LogP contribution in [0.1, 0.15) is 30.4 Å². The molecule has 0 unspecified atom stereocenters. The van der Waals surface area contributed by atoms with E-state index >= 15 is 0 Å². The fourth-order valence-electron chi connectivity index (χ4n) is 3.41. The topological polar surface area (TPSA) is 70.8 Å². The van der Waals surface area contributed by atoms with Crippen molar-refractivity contribution >= 4 is 17.3 Å². The Morgan fingerprint density at radius 2 is 1.74 bits per heavy atom. The van der Waals surface area contributed by atoms with Crippen molar-refractivity contribution in [3.8, 4) is 27.0 Å². The molecule has 176 valence electrons. The van der Waals surface area contributed by atoms with E-state index in [1.165, 1.54) is 10.4 Å². The van der Waals surface area contributed by atoms with E-state index < -0.39 is 0 Å². The van der Waals surface area contributed by atoms with Gasteiger partial charge >= 0.3 is 5.97 Å². The summed E-state index contributed by atoms with van der Waals surface area (Å²) in [7, 11) is 0. The summed E-state index contributed by atoms with van der Waals surface area (Å²) < 4.78 is 11.8. The van der Waals surface area contributed by atoms with Gasteiger partial charge in [-0.05, 0) is 55.7 Å². The molecule has 0 amide bonds. The zero-order valence-electron chi connectivity index (χ0n) is 19.3. The van der Waals surface area contributed by atoms with E-state index in [-0.39, 0.29) is 12.4 Å². The molecule has 0 saturated heterocycles. The highest BCUT2D eigenvalue weighted by molar-refractivity contribution is 7.18. The minimum Gasteiger partial charge on any atom is -0.493 e. The van der Waals surface area contributed by atoms with Gasteiger partial charge in [-0.1, -0.05) is 42.5 Å². The second-order valence-electron chi connectivity index (χ2n) is 7.66. The monoisotopic (exact) mass is 477 g/mol. The highest BCUT2D eigenvalue weighted by atomic mass is 32.1. The number of hydrogen-bond acceptors (Lipinski definition) is 7. The van der Waals surface area contributed by atoms with Crippen molar-refractivity contribution in [3.63, 3.8) is 0 Å². The molecule has 0 spiro atoms. The molecule has 2 aromatic heterocycles. The van der Waals surface area contributed by atoms with E-state index in [0.29, 0.717) is 31.9 Å². The Morgan fingerprint density at radius 3 is 2.50 bits per heavy atom. The molecule has 0 aliphatic carbocycles. The molecule has 34 heavy (non-hydrogen) atoms. The highest BCUT2D eigenvalue weighted by Crippen LogP contribution is 2.34. The van der Waals surface area contributed by atoms with E-state index in [1.54, 1.807) is 18.3 Å². The van der Waals surface area contributed by atoms with Crippen molar-refractivity contribution in [1.29, 1.82) is 0 Å². The molecule has 0 aliphatic heterocycles. The molecule has 0 radical (unpaired) electrons. The standard InChI is InChI=1S/C27H27NO5S/c1-3-31-33-26(29)16-11-20-9-12-22(13-10-20)30-18-17-23-19(2)32-27(28-23)25-15-14-24(34-25)21-7-5-4-6-8-21/h4-10,12-15H,3,11,16-18H2,1-2H3. The second kappa shape index (κ2) is 11.6. The summed E-state index contributed by atoms with van der Waals surface area (Å²) in [6, 6.07) is 22.1. The third kappa shape index (κ3) is 6.34. The molecule has 0 atom stereocenters. The van der Waals surface area contributed by atoms with Gasteiger partial charge in [0.15, 0.2) is 0 Å². The van der Waals surface area contributed by atoms with Gasteiger partial charge in [-0.15, -0.1) is 11.3 Å². The van der Waals surface area contributed by atoms with Crippen molar-refractivity contribution in [2.45, 2.75) is 33.1 Å². The van der Waals surface area contributed by atoms with Crippen molar-refractivity contribution in [2.75, 3.05) is 13.2 Å². The van der Waals surface area contributed by atoms with Gasteiger partial charge < -0.3 is 9.15 Å². The van der Waals surface area contributed by atoms with E-state index in [9.17, 15) is 4.79 Å². The lowest BCUT2D eigenvalue weighted by atomic mass is 10.1. The molecule has 0 saturated carbocycles. The average Bonchev–Trinajstić information content (AvgIpc) is 3.50. The van der Waals surface area contributed by atoms with Gasteiger partial charge in [0.2, 0.25) is 5.89 Å². The summed E-state index contributed by atoms with van der Waals surface area (Å²) in [6.07, 6.45) is 1.50. The predicted octanol–water partition coefficient (Wildman–Crippen LogP) is 6.43. The van der Waals surface area contributed by atoms with Crippen molar-refractivity contribution in [1.82, 2.24) is 4.98 Å². The maximum absolute atomic E-state index is 11.5. The summed E-state index contributed by atoms with van der Waals surface area (Å²) in [4.78, 5) is 27.7. The minimum absolute atomic E-state index is 0.269. The molecular formula is C27H27NO5S. The number of oxazole rings is 1. The van der Waals surface area contributed by atoms with Gasteiger partial charge in [0.05, 0.1) is 30.2 Å². The maximum Gasteiger partial charge on any atom is 0.342 e. The summed E-state index contributed by atoms with van der Waals surface area (Å²) in [5.41, 5.74) is 3.12. The van der Waals surface area contributed by atoms with Gasteiger partial charge in [0, 0.05) is 11.3 Å². The maximum atomic E-state index is 11.5. The SMILES string of the molecule is CCOOC(=O)CCc1ccc(OCCc2nc(-c3ccc(-c4ccccc4)s3)oc2C)cc1. The van der Waals surface area contributed by atoms with E-state index in [1.807, 2.05) is 49.4 Å². The first-order chi connectivity index (χ1) is 16.6. The first kappa shape index (κ1) is 23.7. The van der Waals surface area contributed by atoms with Gasteiger partial charge in [-0.3, -0.25) is 4.89 Å². The summed E-state index contributed by atoms with van der Waals surface area (Å²) in [6.45, 7) is 4.53. The Hall–Kier alpha value is -3.42. The minimum atomic E-state index is -0.372. The zero-order chi connectivity index (χ0) is 23.8. The fraction of sp³-hybridized carbons (Fsp3) is 0.259. The van der Waals surface area contributed by atoms with E-state index in [0.717, 1.165) is 27.6 Å². The number of carbonyl (C=O) groups excluding carboxylic acids is 1. The normalized spacial score (nSPS) is 10.9. The number of hydrogen-bond donors (Lipinski definition) is 0. The molecule has 0 fully saturated rings. The number of ether oxygens (including phenoxy) is 1. The Labute approximate surface area is 203 Å². The molecule has 0 bridgehead atoms. The number of nitrogens with zero attached hydrogens (tertiary/aromatic N) is 1. The van der Waals surface area contributed by atoms with Crippen molar-refractivity contribution in [3.05, 3.63) is 83.7 Å². The largest absolute Gasteiger partial charge is 0.493 e. The van der Waals surface area contributed by atoms with Crippen LogP contribution < -0.4 is 4.74 Å². The smallest absolute Gasteiger partial charge is 0.342 e. The zero-order valence-corrected chi connectivity index (χ0v) is 20.1. The van der Waals surface area contributed by atoms with Gasteiger partial charge in [0.25, 0.3) is 0 Å². The van der Waals surface area contributed by atoms with Crippen molar-refractivity contribution < 1.29 is 23.7 Å². The van der Waals surface area contributed by atoms with Crippen LogP contribution in [0.2, 0.25) is 0 Å². The van der Waals surface area contributed by atoms with Crippen LogP contribution in [0.4, 0.5) is 0 Å². The summed E-state index contributed by atoms with van der Waals surface area (Å²) in [5.74, 6) is 1.85. The van der Waals surface area contributed by atoms with Crippen LogP contribution >= 0.6 is 11.3 Å². The van der Waals surface area contributed by atoms with Gasteiger partial charge in [0.1, 0.15) is 11.5 Å². The van der Waals surface area contributed by atoms with E-state index in [4.69, 9.17) is 14.1 Å². The summed E-state index contributed by atoms with van der Waals surface area (Å²) >= 11 is 1.67. The highest BCUT2D eigenvalue weighted by Gasteiger charge is 2.14. The Morgan fingerprint density at radius 1 is 0.971 bits per heavy atom. The quantitative estimate of drug-likeness (QED) is 0.183. The van der Waals surface area contributed by atoms with Crippen LogP contribution in [0, 0.1) is 6.92 Å². The molecule has 7 heteroatoms. The molecule has 4 rings (SSSR count). The Balaban J connectivity index is 1.28. The lowest BCUT2D eigenvalue weighted by Crippen LogP contribution is -2.06. The van der Waals surface area contributed by atoms with Crippen LogP contribution in [-0.2, 0) is 27.4 Å². The molecule has 6 nitrogen and oxygen atoms in total. The molecule has 0 aliphatic rings. The number of rotatable bonds is 11. The Bertz CT molecular complexity index is 1200. The number of aromatic nitrogens is 1. The van der Waals surface area contributed by atoms with Crippen LogP contribution in [-0.4, -0.2) is 24.2 Å². The first-order valence-electron chi connectivity index (χ1n) is 11.3. The second-order valence-corrected chi connectivity index (χ2v) is 8.74. The van der Waals surface area contributed by atoms with Crippen LogP contribution in [0.25, 0.3) is 21.2 Å². The fourth-order valence-corrected chi connectivity index (χ4v) is 4.34. The van der Waals surface area contributed by atoms with Crippen molar-refractivity contribution in [2.24, 2.45) is 0 Å². The lowest BCUT2D eigenvalue weighted by Gasteiger charge is -2.07. The van der Waals surface area contributed by atoms with Crippen LogP contribution in [0.3, 0.4) is 0 Å². The third-order valence-corrected chi connectivity index (χ3v) is 6.31. The lowest BCUT2D eigenvalue weighted by molar-refractivity contribution is -0.269.